The van der Waals surface area contributed by atoms with Gasteiger partial charge in [-0.05, 0) is 51.2 Å². The zero-order chi connectivity index (χ0) is 23.2. The maximum Gasteiger partial charge on any atom is 0.408 e. The van der Waals surface area contributed by atoms with E-state index in [1.54, 1.807) is 27.8 Å². The van der Waals surface area contributed by atoms with Gasteiger partial charge in [0.25, 0.3) is 0 Å². The first-order valence-electron chi connectivity index (χ1n) is 10.8. The van der Waals surface area contributed by atoms with E-state index in [4.69, 9.17) is 4.74 Å². The monoisotopic (exact) mass is 429 g/mol. The number of ether oxygens (including phenoxy) is 1. The predicted octanol–water partition coefficient (Wildman–Crippen LogP) is 3.97. The first-order valence-corrected chi connectivity index (χ1v) is 10.8. The second-order valence-corrected chi connectivity index (χ2v) is 9.37. The van der Waals surface area contributed by atoms with Crippen molar-refractivity contribution in [3.63, 3.8) is 0 Å². The number of amides is 2. The molecule has 1 heterocycles. The summed E-state index contributed by atoms with van der Waals surface area (Å²) in [5.74, 6) is -0.713. The summed E-state index contributed by atoms with van der Waals surface area (Å²) in [6.45, 7) is 9.29. The molecule has 170 valence electrons. The Balaban J connectivity index is 2.17. The van der Waals surface area contributed by atoms with Crippen LogP contribution in [-0.4, -0.2) is 41.5 Å². The smallest absolute Gasteiger partial charge is 0.408 e. The van der Waals surface area contributed by atoms with Crippen molar-refractivity contribution in [3.05, 3.63) is 36.0 Å². The molecule has 2 atom stereocenters. The zero-order valence-corrected chi connectivity index (χ0v) is 19.4. The third-order valence-electron chi connectivity index (χ3n) is 4.99. The Bertz CT molecular complexity index is 911. The number of rotatable bonds is 9. The van der Waals surface area contributed by atoms with Crippen LogP contribution in [0, 0.1) is 11.8 Å². The number of carbonyl (C=O) groups excluding carboxylic acids is 3. The number of fused-ring (bicyclic) bond motifs is 1. The molecule has 0 bridgehead atoms. The maximum atomic E-state index is 13.1. The molecule has 0 saturated heterocycles. The third kappa shape index (κ3) is 7.42. The highest BCUT2D eigenvalue weighted by Gasteiger charge is 2.29. The molecule has 0 saturated carbocycles. The van der Waals surface area contributed by atoms with Crippen LogP contribution >= 0.6 is 0 Å². The van der Waals surface area contributed by atoms with Gasteiger partial charge in [0.2, 0.25) is 5.91 Å². The molecule has 1 aromatic heterocycles. The highest BCUT2D eigenvalue weighted by Crippen LogP contribution is 2.23. The van der Waals surface area contributed by atoms with Crippen LogP contribution in [0.1, 0.15) is 53.0 Å². The van der Waals surface area contributed by atoms with Gasteiger partial charge in [-0.3, -0.25) is 9.59 Å². The highest BCUT2D eigenvalue weighted by molar-refractivity contribution is 5.92. The highest BCUT2D eigenvalue weighted by atomic mass is 16.6. The third-order valence-corrected chi connectivity index (χ3v) is 4.99. The van der Waals surface area contributed by atoms with Crippen molar-refractivity contribution in [1.29, 1.82) is 0 Å². The minimum atomic E-state index is -0.704. The summed E-state index contributed by atoms with van der Waals surface area (Å²) >= 11 is 0. The van der Waals surface area contributed by atoms with E-state index in [9.17, 15) is 14.4 Å². The van der Waals surface area contributed by atoms with Gasteiger partial charge < -0.3 is 20.4 Å². The molecular formula is C24H35N3O4. The fourth-order valence-electron chi connectivity index (χ4n) is 3.60. The van der Waals surface area contributed by atoms with Crippen molar-refractivity contribution in [2.75, 3.05) is 7.05 Å². The molecule has 3 N–H and O–H groups in total. The molecule has 0 spiro atoms. The number of nitrogens with one attached hydrogen (secondary N) is 3. The van der Waals surface area contributed by atoms with Crippen LogP contribution in [0.25, 0.3) is 10.9 Å². The number of para-hydroxylation sites is 1. The molecule has 7 heteroatoms. The lowest BCUT2D eigenvalue weighted by Crippen LogP contribution is -2.45. The summed E-state index contributed by atoms with van der Waals surface area (Å²) in [4.78, 5) is 41.2. The van der Waals surface area contributed by atoms with Crippen molar-refractivity contribution >= 4 is 28.7 Å². The van der Waals surface area contributed by atoms with Crippen LogP contribution in [-0.2, 0) is 20.7 Å². The van der Waals surface area contributed by atoms with Gasteiger partial charge in [0.05, 0.1) is 6.04 Å². The fourth-order valence-corrected chi connectivity index (χ4v) is 3.60. The first-order chi connectivity index (χ1) is 14.5. The van der Waals surface area contributed by atoms with Gasteiger partial charge in [-0.2, -0.15) is 0 Å². The van der Waals surface area contributed by atoms with Crippen LogP contribution in [0.4, 0.5) is 4.79 Å². The fraction of sp³-hybridized carbons (Fsp3) is 0.542. The summed E-state index contributed by atoms with van der Waals surface area (Å²) in [5.41, 5.74) is 1.32. The number of ketones is 1. The first kappa shape index (κ1) is 24.4. The van der Waals surface area contributed by atoms with Gasteiger partial charge >= 0.3 is 6.09 Å². The predicted molar refractivity (Wildman–Crippen MR) is 122 cm³/mol. The molecule has 0 aliphatic carbocycles. The van der Waals surface area contributed by atoms with E-state index >= 15 is 0 Å². The van der Waals surface area contributed by atoms with Crippen LogP contribution < -0.4 is 10.6 Å². The average molecular weight is 430 g/mol. The Morgan fingerprint density at radius 2 is 1.81 bits per heavy atom. The van der Waals surface area contributed by atoms with Crippen molar-refractivity contribution < 1.29 is 19.1 Å². The molecule has 0 aliphatic heterocycles. The van der Waals surface area contributed by atoms with E-state index in [1.807, 2.05) is 44.3 Å². The largest absolute Gasteiger partial charge is 0.444 e. The SMILES string of the molecule is CNC(=O)[C@@H](CC(=O)[C@H](CC(C)C)NC(=O)OC(C)(C)C)Cc1c[nH]c2ccccc12. The number of H-pyrrole nitrogens is 1. The Kier molecular flexibility index (Phi) is 8.25. The van der Waals surface area contributed by atoms with Gasteiger partial charge in [-0.15, -0.1) is 0 Å². The lowest BCUT2D eigenvalue weighted by atomic mass is 9.89. The molecule has 0 radical (unpaired) electrons. The van der Waals surface area contributed by atoms with E-state index in [1.165, 1.54) is 0 Å². The topological polar surface area (TPSA) is 100 Å². The second kappa shape index (κ2) is 10.5. The molecule has 0 aliphatic rings. The van der Waals surface area contributed by atoms with E-state index in [0.717, 1.165) is 16.5 Å². The molecule has 2 rings (SSSR count). The lowest BCUT2D eigenvalue weighted by molar-refractivity contribution is -0.130. The molecule has 1 aromatic carbocycles. The Morgan fingerprint density at radius 1 is 1.13 bits per heavy atom. The van der Waals surface area contributed by atoms with E-state index in [0.29, 0.717) is 12.8 Å². The number of Topliss-reactive ketones (excluding diaryl/α,β-unsaturated/α-hetero) is 1. The van der Waals surface area contributed by atoms with Gasteiger partial charge in [-0.1, -0.05) is 32.0 Å². The summed E-state index contributed by atoms with van der Waals surface area (Å²) < 4.78 is 5.32. The van der Waals surface area contributed by atoms with Gasteiger partial charge in [-0.25, -0.2) is 4.79 Å². The van der Waals surface area contributed by atoms with E-state index in [-0.39, 0.29) is 24.0 Å². The Morgan fingerprint density at radius 3 is 2.42 bits per heavy atom. The van der Waals surface area contributed by atoms with Gasteiger partial charge in [0, 0.05) is 36.5 Å². The van der Waals surface area contributed by atoms with Crippen molar-refractivity contribution in [1.82, 2.24) is 15.6 Å². The second-order valence-electron chi connectivity index (χ2n) is 9.37. The van der Waals surface area contributed by atoms with Gasteiger partial charge in [0.1, 0.15) is 5.60 Å². The number of alkyl carbamates (subject to hydrolysis) is 1. The molecular weight excluding hydrogens is 394 g/mol. The molecule has 0 fully saturated rings. The average Bonchev–Trinajstić information content (AvgIpc) is 3.07. The Hall–Kier alpha value is -2.83. The normalized spacial score (nSPS) is 13.6. The molecule has 2 amide bonds. The summed E-state index contributed by atoms with van der Waals surface area (Å²) in [7, 11) is 1.57. The molecule has 7 nitrogen and oxygen atoms in total. The maximum absolute atomic E-state index is 13.1. The van der Waals surface area contributed by atoms with Crippen LogP contribution in [0.3, 0.4) is 0 Å². The number of benzene rings is 1. The number of carbonyl (C=O) groups is 3. The quantitative estimate of drug-likeness (QED) is 0.561. The lowest BCUT2D eigenvalue weighted by Gasteiger charge is -2.25. The standard InChI is InChI=1S/C24H35N3O4/c1-15(2)11-20(27-23(30)31-24(3,4)5)21(28)13-16(22(29)25-6)12-17-14-26-19-10-8-7-9-18(17)19/h7-10,14-16,20,26H,11-13H2,1-6H3,(H,25,29)(H,27,30)/t16-,20+/m1/s1. The molecule has 31 heavy (non-hydrogen) atoms. The van der Waals surface area contributed by atoms with Gasteiger partial charge in [0.15, 0.2) is 5.78 Å². The summed E-state index contributed by atoms with van der Waals surface area (Å²) in [6, 6.07) is 7.16. The van der Waals surface area contributed by atoms with E-state index < -0.39 is 23.7 Å². The van der Waals surface area contributed by atoms with Crippen LogP contribution in [0.2, 0.25) is 0 Å². The minimum Gasteiger partial charge on any atom is -0.444 e. The number of aromatic amines is 1. The molecule has 0 unspecified atom stereocenters. The number of hydrogen-bond donors (Lipinski definition) is 3. The van der Waals surface area contributed by atoms with Crippen LogP contribution in [0.15, 0.2) is 30.5 Å². The van der Waals surface area contributed by atoms with Crippen LogP contribution in [0.5, 0.6) is 0 Å². The summed E-state index contributed by atoms with van der Waals surface area (Å²) in [6.07, 6.45) is 2.20. The van der Waals surface area contributed by atoms with Crippen molar-refractivity contribution in [2.24, 2.45) is 11.8 Å². The minimum absolute atomic E-state index is 0.0341. The van der Waals surface area contributed by atoms with Crippen molar-refractivity contribution in [3.8, 4) is 0 Å². The number of hydrogen-bond acceptors (Lipinski definition) is 4. The van der Waals surface area contributed by atoms with Crippen molar-refractivity contribution in [2.45, 2.75) is 65.5 Å². The summed E-state index contributed by atoms with van der Waals surface area (Å²) in [5, 5.41) is 6.41. The van der Waals surface area contributed by atoms with E-state index in [2.05, 4.69) is 15.6 Å². The molecule has 2 aromatic rings. The zero-order valence-electron chi connectivity index (χ0n) is 19.4. The Labute approximate surface area is 184 Å². The number of aromatic nitrogens is 1.